The maximum absolute atomic E-state index is 6.51. The number of benzene rings is 2. The van der Waals surface area contributed by atoms with Crippen LogP contribution in [0.4, 0.5) is 5.69 Å². The number of fused-ring (bicyclic) bond motifs is 2. The second-order valence-corrected chi connectivity index (χ2v) is 8.85. The van der Waals surface area contributed by atoms with E-state index in [2.05, 4.69) is 41.8 Å². The van der Waals surface area contributed by atoms with Gasteiger partial charge in [-0.1, -0.05) is 23.7 Å². The molecule has 0 spiro atoms. The Bertz CT molecular complexity index is 1510. The molecule has 0 radical (unpaired) electrons. The van der Waals surface area contributed by atoms with E-state index in [0.29, 0.717) is 24.1 Å². The van der Waals surface area contributed by atoms with Gasteiger partial charge >= 0.3 is 0 Å². The Kier molecular flexibility index (Phi) is 5.60. The molecule has 0 bridgehead atoms. The van der Waals surface area contributed by atoms with Crippen LogP contribution in [0.2, 0.25) is 5.02 Å². The van der Waals surface area contributed by atoms with Crippen molar-refractivity contribution in [1.29, 1.82) is 0 Å². The van der Waals surface area contributed by atoms with Gasteiger partial charge in [0.15, 0.2) is 5.82 Å². The zero-order valence-electron chi connectivity index (χ0n) is 19.4. The van der Waals surface area contributed by atoms with Crippen LogP contribution in [0.25, 0.3) is 39.0 Å². The minimum absolute atomic E-state index is 0.265. The molecule has 1 fully saturated rings. The van der Waals surface area contributed by atoms with Gasteiger partial charge in [0.2, 0.25) is 0 Å². The average molecular weight is 490 g/mol. The molecule has 9 nitrogen and oxygen atoms in total. The number of pyridine rings is 1. The Morgan fingerprint density at radius 1 is 1.14 bits per heavy atom. The molecule has 2 aromatic carbocycles. The number of nitrogens with one attached hydrogen (secondary N) is 1. The number of anilines is 1. The van der Waals surface area contributed by atoms with Crippen molar-refractivity contribution in [3.8, 4) is 17.1 Å². The number of ether oxygens (including phenoxy) is 2. The van der Waals surface area contributed by atoms with Crippen molar-refractivity contribution in [1.82, 2.24) is 29.7 Å². The smallest absolute Gasteiger partial charge is 0.163 e. The Morgan fingerprint density at radius 2 is 2.00 bits per heavy atom. The third kappa shape index (κ3) is 3.72. The summed E-state index contributed by atoms with van der Waals surface area (Å²) < 4.78 is 13.5. The van der Waals surface area contributed by atoms with Crippen LogP contribution in [-0.2, 0) is 9.47 Å². The monoisotopic (exact) mass is 489 g/mol. The lowest BCUT2D eigenvalue weighted by atomic mass is 10.1. The lowest BCUT2D eigenvalue weighted by molar-refractivity contribution is 0.111. The van der Waals surface area contributed by atoms with Crippen LogP contribution >= 0.6 is 11.6 Å². The minimum atomic E-state index is -0.265. The van der Waals surface area contributed by atoms with Crippen LogP contribution in [0.15, 0.2) is 48.9 Å². The van der Waals surface area contributed by atoms with Crippen LogP contribution in [0, 0.1) is 0 Å². The van der Waals surface area contributed by atoms with Crippen molar-refractivity contribution in [3.63, 3.8) is 0 Å². The average Bonchev–Trinajstić information content (AvgIpc) is 3.57. The van der Waals surface area contributed by atoms with Gasteiger partial charge in [0.25, 0.3) is 0 Å². The standard InChI is InChI=1S/C25H24ClN7O2/c1-15(34-2)25-30-23-18(24-28-14-29-31-24)12-16(32-8-10-35-11-9-32)13-21(23)33(25)20-6-7-27-22-17(20)4-3-5-19(22)26/h3-7,12-15H,8-11H2,1-2H3,(H,28,29,31). The first kappa shape index (κ1) is 22.0. The molecule has 0 amide bonds. The molecule has 4 heterocycles. The number of rotatable bonds is 5. The van der Waals surface area contributed by atoms with E-state index in [1.165, 1.54) is 0 Å². The maximum atomic E-state index is 6.51. The van der Waals surface area contributed by atoms with E-state index < -0.39 is 0 Å². The molecule has 1 aliphatic heterocycles. The number of halogens is 1. The molecule has 5 aromatic rings. The lowest BCUT2D eigenvalue weighted by Gasteiger charge is -2.29. The number of hydrogen-bond acceptors (Lipinski definition) is 7. The van der Waals surface area contributed by atoms with Crippen molar-refractivity contribution in [2.24, 2.45) is 0 Å². The number of aromatic nitrogens is 6. The Hall–Kier alpha value is -3.53. The molecule has 35 heavy (non-hydrogen) atoms. The van der Waals surface area contributed by atoms with Gasteiger partial charge in [-0.05, 0) is 31.2 Å². The third-order valence-corrected chi connectivity index (χ3v) is 6.78. The van der Waals surface area contributed by atoms with Crippen LogP contribution in [-0.4, -0.2) is 63.1 Å². The summed E-state index contributed by atoms with van der Waals surface area (Å²) in [7, 11) is 1.69. The zero-order chi connectivity index (χ0) is 23.9. The van der Waals surface area contributed by atoms with Gasteiger partial charge < -0.3 is 19.4 Å². The molecule has 1 unspecified atom stereocenters. The molecule has 1 atom stereocenters. The van der Waals surface area contributed by atoms with Crippen molar-refractivity contribution >= 4 is 39.2 Å². The third-order valence-electron chi connectivity index (χ3n) is 6.48. The molecular weight excluding hydrogens is 466 g/mol. The van der Waals surface area contributed by atoms with Crippen LogP contribution in [0.3, 0.4) is 0 Å². The lowest BCUT2D eigenvalue weighted by Crippen LogP contribution is -2.36. The summed E-state index contributed by atoms with van der Waals surface area (Å²) in [5, 5.41) is 9.86. The highest BCUT2D eigenvalue weighted by Crippen LogP contribution is 2.37. The number of imidazole rings is 1. The Labute approximate surface area is 206 Å². The van der Waals surface area contributed by atoms with Gasteiger partial charge in [-0.25, -0.2) is 4.98 Å². The van der Waals surface area contributed by atoms with E-state index in [4.69, 9.17) is 26.1 Å². The molecule has 0 aliphatic carbocycles. The number of methoxy groups -OCH3 is 1. The Balaban J connectivity index is 1.70. The molecule has 178 valence electrons. The van der Waals surface area contributed by atoms with Gasteiger partial charge in [-0.15, -0.1) is 10.2 Å². The minimum Gasteiger partial charge on any atom is -0.378 e. The molecule has 3 aromatic heterocycles. The molecule has 1 saturated heterocycles. The number of H-pyrrole nitrogens is 1. The molecule has 1 N–H and O–H groups in total. The number of hydrogen-bond donors (Lipinski definition) is 1. The fraction of sp³-hybridized carbons (Fsp3) is 0.280. The highest BCUT2D eigenvalue weighted by molar-refractivity contribution is 6.35. The second-order valence-electron chi connectivity index (χ2n) is 8.45. The summed E-state index contributed by atoms with van der Waals surface area (Å²) in [5.41, 5.74) is 5.37. The van der Waals surface area contributed by atoms with Crippen molar-refractivity contribution < 1.29 is 9.47 Å². The van der Waals surface area contributed by atoms with Crippen molar-refractivity contribution in [2.45, 2.75) is 13.0 Å². The van der Waals surface area contributed by atoms with E-state index in [9.17, 15) is 0 Å². The highest BCUT2D eigenvalue weighted by atomic mass is 35.5. The fourth-order valence-electron chi connectivity index (χ4n) is 4.65. The first-order valence-corrected chi connectivity index (χ1v) is 11.9. The molecule has 0 saturated carbocycles. The van der Waals surface area contributed by atoms with Gasteiger partial charge in [0.05, 0.1) is 35.0 Å². The predicted molar refractivity (Wildman–Crippen MR) is 135 cm³/mol. The first-order valence-electron chi connectivity index (χ1n) is 11.5. The number of para-hydroxylation sites is 1. The molecular formula is C25H24ClN7O2. The summed E-state index contributed by atoms with van der Waals surface area (Å²) in [6, 6.07) is 12.1. The fourth-order valence-corrected chi connectivity index (χ4v) is 4.88. The topological polar surface area (TPSA) is 94.0 Å². The predicted octanol–water partition coefficient (Wildman–Crippen LogP) is 4.56. The molecule has 6 rings (SSSR count). The number of nitrogens with zero attached hydrogens (tertiary/aromatic N) is 6. The van der Waals surface area contributed by atoms with Crippen LogP contribution < -0.4 is 4.90 Å². The maximum Gasteiger partial charge on any atom is 0.163 e. The van der Waals surface area contributed by atoms with E-state index >= 15 is 0 Å². The quantitative estimate of drug-likeness (QED) is 0.387. The number of aromatic amines is 1. The molecule has 10 heteroatoms. The summed E-state index contributed by atoms with van der Waals surface area (Å²) in [6.07, 6.45) is 3.09. The van der Waals surface area contributed by atoms with E-state index in [0.717, 1.165) is 57.8 Å². The van der Waals surface area contributed by atoms with Crippen molar-refractivity contribution in [2.75, 3.05) is 38.3 Å². The Morgan fingerprint density at radius 3 is 2.77 bits per heavy atom. The van der Waals surface area contributed by atoms with Gasteiger partial charge in [-0.3, -0.25) is 9.55 Å². The van der Waals surface area contributed by atoms with E-state index in [1.54, 1.807) is 19.6 Å². The number of morpholine rings is 1. The summed E-state index contributed by atoms with van der Waals surface area (Å²) in [5.74, 6) is 1.43. The van der Waals surface area contributed by atoms with Crippen molar-refractivity contribution in [3.05, 3.63) is 59.8 Å². The largest absolute Gasteiger partial charge is 0.378 e. The van der Waals surface area contributed by atoms with Crippen LogP contribution in [0.5, 0.6) is 0 Å². The summed E-state index contributed by atoms with van der Waals surface area (Å²) >= 11 is 6.51. The summed E-state index contributed by atoms with van der Waals surface area (Å²) in [6.45, 7) is 4.99. The van der Waals surface area contributed by atoms with Gasteiger partial charge in [-0.2, -0.15) is 0 Å². The summed E-state index contributed by atoms with van der Waals surface area (Å²) in [4.78, 5) is 15.1. The SMILES string of the molecule is COC(C)c1nc2c(-c3nnc[nH]3)cc(N3CCOCC3)cc2n1-c1ccnc2c(Cl)cccc12. The van der Waals surface area contributed by atoms with Gasteiger partial charge in [0, 0.05) is 43.0 Å². The first-order chi connectivity index (χ1) is 17.2. The second kappa shape index (κ2) is 8.92. The normalized spacial score (nSPS) is 15.2. The van der Waals surface area contributed by atoms with E-state index in [-0.39, 0.29) is 6.10 Å². The van der Waals surface area contributed by atoms with Crippen LogP contribution in [0.1, 0.15) is 18.9 Å². The van der Waals surface area contributed by atoms with Gasteiger partial charge in [0.1, 0.15) is 23.8 Å². The molecule has 1 aliphatic rings. The zero-order valence-corrected chi connectivity index (χ0v) is 20.2. The highest BCUT2D eigenvalue weighted by Gasteiger charge is 2.25. The van der Waals surface area contributed by atoms with E-state index in [1.807, 2.05) is 31.2 Å².